The van der Waals surface area contributed by atoms with Crippen LogP contribution in [0.1, 0.15) is 37.4 Å². The number of nitrogens with two attached hydrogens (primary N) is 1. The Bertz CT molecular complexity index is 697. The third-order valence-electron chi connectivity index (χ3n) is 3.25. The van der Waals surface area contributed by atoms with Gasteiger partial charge in [-0.2, -0.15) is 5.10 Å². The summed E-state index contributed by atoms with van der Waals surface area (Å²) in [7, 11) is 0. The first-order valence-corrected chi connectivity index (χ1v) is 7.37. The van der Waals surface area contributed by atoms with Gasteiger partial charge in [0.25, 0.3) is 0 Å². The minimum atomic E-state index is -0.453. The minimum Gasteiger partial charge on any atom is -0.396 e. The first-order valence-electron chi connectivity index (χ1n) is 7.37. The lowest BCUT2D eigenvalue weighted by atomic mass is 10.2. The predicted octanol–water partition coefficient (Wildman–Crippen LogP) is 2.60. The van der Waals surface area contributed by atoms with Crippen molar-refractivity contribution in [3.05, 3.63) is 72.6 Å². The van der Waals surface area contributed by atoms with Gasteiger partial charge >= 0.3 is 0 Å². The van der Waals surface area contributed by atoms with Crippen LogP contribution in [0.4, 0.5) is 5.69 Å². The SMILES string of the molecule is CC(O)c1ccccn1.CC(c1ccccn1)n1cc(N)cn1. The van der Waals surface area contributed by atoms with Crippen LogP contribution in [0, 0.1) is 0 Å². The molecule has 0 fully saturated rings. The Morgan fingerprint density at radius 1 is 1.00 bits per heavy atom. The van der Waals surface area contributed by atoms with Crippen LogP contribution in [-0.2, 0) is 0 Å². The van der Waals surface area contributed by atoms with E-state index in [2.05, 4.69) is 15.1 Å². The second kappa shape index (κ2) is 8.05. The Balaban J connectivity index is 0.000000185. The molecule has 3 rings (SSSR count). The van der Waals surface area contributed by atoms with Crippen LogP contribution in [0.25, 0.3) is 0 Å². The smallest absolute Gasteiger partial charge is 0.0931 e. The Labute approximate surface area is 135 Å². The maximum Gasteiger partial charge on any atom is 0.0931 e. The van der Waals surface area contributed by atoms with E-state index in [4.69, 9.17) is 10.8 Å². The van der Waals surface area contributed by atoms with E-state index in [0.29, 0.717) is 5.69 Å². The van der Waals surface area contributed by atoms with Gasteiger partial charge in [-0.05, 0) is 38.1 Å². The molecule has 0 radical (unpaired) electrons. The van der Waals surface area contributed by atoms with Gasteiger partial charge < -0.3 is 10.8 Å². The van der Waals surface area contributed by atoms with E-state index in [-0.39, 0.29) is 6.04 Å². The summed E-state index contributed by atoms with van der Waals surface area (Å²) in [5.74, 6) is 0. The zero-order valence-corrected chi connectivity index (χ0v) is 13.2. The second-order valence-corrected chi connectivity index (χ2v) is 5.11. The van der Waals surface area contributed by atoms with E-state index in [0.717, 1.165) is 11.4 Å². The largest absolute Gasteiger partial charge is 0.396 e. The van der Waals surface area contributed by atoms with Gasteiger partial charge in [0.15, 0.2) is 0 Å². The van der Waals surface area contributed by atoms with E-state index in [1.54, 1.807) is 42.5 Å². The molecule has 0 aliphatic rings. The molecule has 3 aromatic heterocycles. The summed E-state index contributed by atoms with van der Waals surface area (Å²) in [6, 6.07) is 11.4. The van der Waals surface area contributed by atoms with Crippen LogP contribution in [-0.4, -0.2) is 24.9 Å². The summed E-state index contributed by atoms with van der Waals surface area (Å²) >= 11 is 0. The molecule has 0 aliphatic heterocycles. The van der Waals surface area contributed by atoms with Crippen molar-refractivity contribution in [2.45, 2.75) is 26.0 Å². The zero-order chi connectivity index (χ0) is 16.7. The van der Waals surface area contributed by atoms with Crippen molar-refractivity contribution in [3.8, 4) is 0 Å². The Morgan fingerprint density at radius 3 is 2.00 bits per heavy atom. The summed E-state index contributed by atoms with van der Waals surface area (Å²) in [5.41, 5.74) is 7.97. The van der Waals surface area contributed by atoms with E-state index in [1.807, 2.05) is 37.3 Å². The summed E-state index contributed by atoms with van der Waals surface area (Å²) < 4.78 is 1.80. The number of aliphatic hydroxyl groups is 1. The molecule has 120 valence electrons. The monoisotopic (exact) mass is 311 g/mol. The van der Waals surface area contributed by atoms with Crippen molar-refractivity contribution < 1.29 is 5.11 Å². The summed E-state index contributed by atoms with van der Waals surface area (Å²) in [5, 5.41) is 13.1. The fourth-order valence-electron chi connectivity index (χ4n) is 1.95. The van der Waals surface area contributed by atoms with E-state index in [9.17, 15) is 0 Å². The number of nitrogen functional groups attached to an aromatic ring is 1. The molecule has 6 nitrogen and oxygen atoms in total. The van der Waals surface area contributed by atoms with Crippen LogP contribution >= 0.6 is 0 Å². The Morgan fingerprint density at radius 2 is 1.61 bits per heavy atom. The van der Waals surface area contributed by atoms with Gasteiger partial charge in [-0.15, -0.1) is 0 Å². The molecule has 0 spiro atoms. The fraction of sp³-hybridized carbons (Fsp3) is 0.235. The highest BCUT2D eigenvalue weighted by molar-refractivity contribution is 5.31. The van der Waals surface area contributed by atoms with Crippen molar-refractivity contribution in [1.29, 1.82) is 0 Å². The van der Waals surface area contributed by atoms with Crippen LogP contribution < -0.4 is 5.73 Å². The maximum absolute atomic E-state index is 8.96. The Kier molecular flexibility index (Phi) is 5.82. The van der Waals surface area contributed by atoms with Crippen LogP contribution in [0.3, 0.4) is 0 Å². The summed E-state index contributed by atoms with van der Waals surface area (Å²) in [6.45, 7) is 3.73. The van der Waals surface area contributed by atoms with E-state index in [1.165, 1.54) is 0 Å². The molecule has 0 bridgehead atoms. The standard InChI is InChI=1S/C10H12N4.C7H9NO/c1-8(10-4-2-3-5-12-10)14-7-9(11)6-13-14;1-6(9)7-4-2-3-5-8-7/h2-8H,11H2,1H3;2-6,9H,1H3. The van der Waals surface area contributed by atoms with Crippen molar-refractivity contribution in [3.63, 3.8) is 0 Å². The number of aromatic nitrogens is 4. The zero-order valence-electron chi connectivity index (χ0n) is 13.2. The molecule has 2 unspecified atom stereocenters. The van der Waals surface area contributed by atoms with Crippen molar-refractivity contribution in [2.24, 2.45) is 0 Å². The third-order valence-corrected chi connectivity index (χ3v) is 3.25. The van der Waals surface area contributed by atoms with Gasteiger partial charge in [0.2, 0.25) is 0 Å². The Hall–Kier alpha value is -2.73. The molecule has 0 saturated carbocycles. The lowest BCUT2D eigenvalue weighted by Crippen LogP contribution is -2.08. The first kappa shape index (κ1) is 16.6. The molecular formula is C17H21N5O. The maximum atomic E-state index is 8.96. The number of anilines is 1. The topological polar surface area (TPSA) is 89.9 Å². The van der Waals surface area contributed by atoms with Gasteiger partial charge in [0.1, 0.15) is 0 Å². The van der Waals surface area contributed by atoms with Crippen molar-refractivity contribution >= 4 is 5.69 Å². The quantitative estimate of drug-likeness (QED) is 0.776. The molecule has 0 aromatic carbocycles. The molecule has 6 heteroatoms. The highest BCUT2D eigenvalue weighted by Crippen LogP contribution is 2.14. The predicted molar refractivity (Wildman–Crippen MR) is 89.6 cm³/mol. The van der Waals surface area contributed by atoms with Gasteiger partial charge in [0.05, 0.1) is 35.4 Å². The first-order chi connectivity index (χ1) is 11.1. The highest BCUT2D eigenvalue weighted by Gasteiger charge is 2.08. The number of aliphatic hydroxyl groups excluding tert-OH is 1. The number of hydrogen-bond donors (Lipinski definition) is 2. The minimum absolute atomic E-state index is 0.119. The third kappa shape index (κ3) is 4.89. The normalized spacial score (nSPS) is 12.8. The fourth-order valence-corrected chi connectivity index (χ4v) is 1.95. The number of pyridine rings is 2. The number of nitrogens with zero attached hydrogens (tertiary/aromatic N) is 4. The average Bonchev–Trinajstić information content (AvgIpc) is 3.03. The van der Waals surface area contributed by atoms with E-state index < -0.39 is 6.10 Å². The van der Waals surface area contributed by atoms with Crippen molar-refractivity contribution in [1.82, 2.24) is 19.7 Å². The van der Waals surface area contributed by atoms with Crippen LogP contribution in [0.2, 0.25) is 0 Å². The molecule has 0 amide bonds. The second-order valence-electron chi connectivity index (χ2n) is 5.11. The highest BCUT2D eigenvalue weighted by atomic mass is 16.3. The van der Waals surface area contributed by atoms with Crippen LogP contribution in [0.5, 0.6) is 0 Å². The molecule has 3 heterocycles. The summed E-state index contributed by atoms with van der Waals surface area (Å²) in [4.78, 5) is 8.19. The van der Waals surface area contributed by atoms with Gasteiger partial charge in [-0.3, -0.25) is 14.6 Å². The number of hydrogen-bond acceptors (Lipinski definition) is 5. The van der Waals surface area contributed by atoms with Gasteiger partial charge in [-0.25, -0.2) is 0 Å². The van der Waals surface area contributed by atoms with Gasteiger partial charge in [0, 0.05) is 18.6 Å². The summed E-state index contributed by atoms with van der Waals surface area (Å²) in [6.07, 6.45) is 6.44. The molecular weight excluding hydrogens is 290 g/mol. The average molecular weight is 311 g/mol. The van der Waals surface area contributed by atoms with E-state index >= 15 is 0 Å². The molecule has 3 aromatic rings. The molecule has 2 atom stereocenters. The van der Waals surface area contributed by atoms with Crippen LogP contribution in [0.15, 0.2) is 61.2 Å². The van der Waals surface area contributed by atoms with Crippen molar-refractivity contribution in [2.75, 3.05) is 5.73 Å². The molecule has 3 N–H and O–H groups in total. The molecule has 0 saturated heterocycles. The lowest BCUT2D eigenvalue weighted by molar-refractivity contribution is 0.194. The lowest BCUT2D eigenvalue weighted by Gasteiger charge is -2.10. The molecule has 0 aliphatic carbocycles. The number of rotatable bonds is 3. The molecule has 23 heavy (non-hydrogen) atoms. The van der Waals surface area contributed by atoms with Gasteiger partial charge in [-0.1, -0.05) is 12.1 Å².